The van der Waals surface area contributed by atoms with Gasteiger partial charge in [-0.25, -0.2) is 0 Å². The lowest BCUT2D eigenvalue weighted by Crippen LogP contribution is -2.45. The Morgan fingerprint density at radius 1 is 0.321 bits per heavy atom. The van der Waals surface area contributed by atoms with Crippen molar-refractivity contribution in [2.75, 3.05) is 13.2 Å². The van der Waals surface area contributed by atoms with Gasteiger partial charge in [-0.3, -0.25) is 9.59 Å². The Labute approximate surface area is 526 Å². The van der Waals surface area contributed by atoms with E-state index in [4.69, 9.17) is 4.74 Å². The third kappa shape index (κ3) is 69.4. The lowest BCUT2D eigenvalue weighted by atomic mass is 10.0. The summed E-state index contributed by atoms with van der Waals surface area (Å²) in [7, 11) is 0. The molecule has 0 aromatic rings. The molecule has 0 saturated heterocycles. The third-order valence-electron chi connectivity index (χ3n) is 18.2. The summed E-state index contributed by atoms with van der Waals surface area (Å²) in [6.07, 6.45) is 94.3. The van der Waals surface area contributed by atoms with E-state index in [1.54, 1.807) is 6.08 Å². The number of aliphatic hydroxyl groups is 2. The SMILES string of the molecule is CCCCCCCCCCCCCCCCCCCCC/C=C/C(O)C(CO)NC(=O)CCCCCCCCCCCCC/C=C\CCCCCCCCCCCCCCOC(=O)CCCCCCCCCCCCCCCCCCCCC. The molecule has 84 heavy (non-hydrogen) atoms. The minimum atomic E-state index is -0.846. The van der Waals surface area contributed by atoms with Gasteiger partial charge in [0.05, 0.1) is 25.4 Å². The number of carbonyl (C=O) groups excluding carboxylic acids is 2. The number of hydrogen-bond donors (Lipinski definition) is 3. The average Bonchev–Trinajstić information content (AvgIpc) is 3.51. The first-order valence-corrected chi connectivity index (χ1v) is 38.6. The van der Waals surface area contributed by atoms with E-state index in [9.17, 15) is 19.8 Å². The number of ether oxygens (including phenoxy) is 1. The molecule has 2 unspecified atom stereocenters. The number of rotatable bonds is 73. The molecule has 0 saturated carbocycles. The summed E-state index contributed by atoms with van der Waals surface area (Å²) in [6, 6.07) is -0.629. The van der Waals surface area contributed by atoms with Crippen molar-refractivity contribution in [2.45, 2.75) is 450 Å². The number of unbranched alkanes of at least 4 members (excludes halogenated alkanes) is 60. The van der Waals surface area contributed by atoms with Crippen molar-refractivity contribution < 1.29 is 24.5 Å². The first-order valence-electron chi connectivity index (χ1n) is 38.6. The second-order valence-corrected chi connectivity index (χ2v) is 26.7. The molecule has 0 aromatic heterocycles. The number of esters is 1. The molecule has 498 valence electrons. The molecular formula is C78H151NO5. The van der Waals surface area contributed by atoms with Gasteiger partial charge in [0.15, 0.2) is 0 Å². The van der Waals surface area contributed by atoms with Crippen LogP contribution in [0.5, 0.6) is 0 Å². The maximum atomic E-state index is 12.5. The molecule has 0 fully saturated rings. The van der Waals surface area contributed by atoms with Gasteiger partial charge < -0.3 is 20.3 Å². The van der Waals surface area contributed by atoms with Gasteiger partial charge in [0.1, 0.15) is 0 Å². The maximum Gasteiger partial charge on any atom is 0.305 e. The van der Waals surface area contributed by atoms with Crippen LogP contribution in [0.4, 0.5) is 0 Å². The van der Waals surface area contributed by atoms with Gasteiger partial charge in [0.2, 0.25) is 5.91 Å². The number of amides is 1. The highest BCUT2D eigenvalue weighted by molar-refractivity contribution is 5.76. The van der Waals surface area contributed by atoms with E-state index in [-0.39, 0.29) is 18.5 Å². The fraction of sp³-hybridized carbons (Fsp3) is 0.923. The zero-order valence-electron chi connectivity index (χ0n) is 57.2. The fourth-order valence-corrected chi connectivity index (χ4v) is 12.3. The van der Waals surface area contributed by atoms with Gasteiger partial charge in [-0.15, -0.1) is 0 Å². The smallest absolute Gasteiger partial charge is 0.305 e. The van der Waals surface area contributed by atoms with E-state index in [1.807, 2.05) is 6.08 Å². The molecule has 0 aliphatic carbocycles. The van der Waals surface area contributed by atoms with Crippen LogP contribution >= 0.6 is 0 Å². The van der Waals surface area contributed by atoms with E-state index in [0.717, 1.165) is 38.5 Å². The van der Waals surface area contributed by atoms with Gasteiger partial charge in [0, 0.05) is 12.8 Å². The minimum Gasteiger partial charge on any atom is -0.466 e. The van der Waals surface area contributed by atoms with Crippen LogP contribution in [0.2, 0.25) is 0 Å². The summed E-state index contributed by atoms with van der Waals surface area (Å²) >= 11 is 0. The van der Waals surface area contributed by atoms with Gasteiger partial charge in [-0.1, -0.05) is 391 Å². The summed E-state index contributed by atoms with van der Waals surface area (Å²) in [5.74, 6) is -0.0436. The molecule has 6 heteroatoms. The van der Waals surface area contributed by atoms with Crippen LogP contribution in [0.3, 0.4) is 0 Å². The number of carbonyl (C=O) groups is 2. The molecule has 6 nitrogen and oxygen atoms in total. The Morgan fingerprint density at radius 2 is 0.560 bits per heavy atom. The van der Waals surface area contributed by atoms with E-state index in [1.165, 1.54) is 372 Å². The summed E-state index contributed by atoms with van der Waals surface area (Å²) in [4.78, 5) is 24.7. The van der Waals surface area contributed by atoms with Crippen LogP contribution in [0.25, 0.3) is 0 Å². The number of aliphatic hydroxyl groups excluding tert-OH is 2. The topological polar surface area (TPSA) is 95.9 Å². The quantitative estimate of drug-likeness (QED) is 0.0320. The Hall–Kier alpha value is -1.66. The predicted octanol–water partition coefficient (Wildman–Crippen LogP) is 25.3. The van der Waals surface area contributed by atoms with Gasteiger partial charge in [-0.05, 0) is 57.8 Å². The normalized spacial score (nSPS) is 12.6. The monoisotopic (exact) mass is 1180 g/mol. The number of allylic oxidation sites excluding steroid dienone is 3. The Bertz CT molecular complexity index is 1320. The highest BCUT2D eigenvalue weighted by atomic mass is 16.5. The second kappa shape index (κ2) is 73.8. The first kappa shape index (κ1) is 82.3. The zero-order valence-corrected chi connectivity index (χ0v) is 57.2. The van der Waals surface area contributed by atoms with Crippen molar-refractivity contribution in [1.29, 1.82) is 0 Å². The van der Waals surface area contributed by atoms with E-state index < -0.39 is 12.1 Å². The van der Waals surface area contributed by atoms with Gasteiger partial charge >= 0.3 is 5.97 Å². The average molecular weight is 1180 g/mol. The lowest BCUT2D eigenvalue weighted by molar-refractivity contribution is -0.143. The van der Waals surface area contributed by atoms with Crippen LogP contribution in [-0.2, 0) is 14.3 Å². The van der Waals surface area contributed by atoms with Crippen molar-refractivity contribution in [3.8, 4) is 0 Å². The highest BCUT2D eigenvalue weighted by Crippen LogP contribution is 2.20. The molecule has 2 atom stereocenters. The van der Waals surface area contributed by atoms with E-state index in [0.29, 0.717) is 19.4 Å². The van der Waals surface area contributed by atoms with Crippen molar-refractivity contribution in [3.63, 3.8) is 0 Å². The molecular weight excluding hydrogens is 1030 g/mol. The molecule has 3 N–H and O–H groups in total. The summed E-state index contributed by atoms with van der Waals surface area (Å²) < 4.78 is 5.52. The highest BCUT2D eigenvalue weighted by Gasteiger charge is 2.18. The van der Waals surface area contributed by atoms with Gasteiger partial charge in [-0.2, -0.15) is 0 Å². The van der Waals surface area contributed by atoms with Gasteiger partial charge in [0.25, 0.3) is 0 Å². The Balaban J connectivity index is 3.38. The summed E-state index contributed by atoms with van der Waals surface area (Å²) in [5.41, 5.74) is 0. The number of hydrogen-bond acceptors (Lipinski definition) is 5. The Morgan fingerprint density at radius 3 is 0.845 bits per heavy atom. The Kier molecular flexibility index (Phi) is 72.3. The van der Waals surface area contributed by atoms with Crippen molar-refractivity contribution in [3.05, 3.63) is 24.3 Å². The predicted molar refractivity (Wildman–Crippen MR) is 370 cm³/mol. The number of nitrogens with one attached hydrogen (secondary N) is 1. The van der Waals surface area contributed by atoms with Crippen molar-refractivity contribution in [2.24, 2.45) is 0 Å². The standard InChI is InChI=1S/C78H151NO5/c1-3-5-7-9-11-13-15-17-19-21-23-31-35-38-42-46-50-54-58-62-66-70-76(81)75(74-80)79-77(82)71-67-63-59-55-51-47-43-39-36-32-29-27-25-24-26-28-30-33-37-41-45-49-53-57-61-65-69-73-84-78(83)72-68-64-60-56-52-48-44-40-34-22-20-18-16-14-12-10-8-6-4-2/h24-25,66,70,75-76,80-81H,3-23,26-65,67-69,71-74H2,1-2H3,(H,79,82)/b25-24-,70-66+. The van der Waals surface area contributed by atoms with Crippen LogP contribution in [0, 0.1) is 0 Å². The molecule has 0 aliphatic rings. The molecule has 0 aliphatic heterocycles. The van der Waals surface area contributed by atoms with Crippen molar-refractivity contribution >= 4 is 11.9 Å². The summed E-state index contributed by atoms with van der Waals surface area (Å²) in [5, 5.41) is 23.3. The fourth-order valence-electron chi connectivity index (χ4n) is 12.3. The van der Waals surface area contributed by atoms with Crippen molar-refractivity contribution in [1.82, 2.24) is 5.32 Å². The zero-order chi connectivity index (χ0) is 60.6. The molecule has 1 amide bonds. The largest absolute Gasteiger partial charge is 0.466 e. The molecule has 0 bridgehead atoms. The van der Waals surface area contributed by atoms with Crippen LogP contribution in [-0.4, -0.2) is 47.4 Å². The molecule has 0 aromatic carbocycles. The van der Waals surface area contributed by atoms with Crippen LogP contribution < -0.4 is 5.32 Å². The second-order valence-electron chi connectivity index (χ2n) is 26.7. The lowest BCUT2D eigenvalue weighted by Gasteiger charge is -2.20. The first-order chi connectivity index (χ1) is 41.5. The van der Waals surface area contributed by atoms with Crippen LogP contribution in [0.15, 0.2) is 24.3 Å². The molecule has 0 rings (SSSR count). The molecule has 0 radical (unpaired) electrons. The van der Waals surface area contributed by atoms with Crippen LogP contribution in [0.1, 0.15) is 438 Å². The van der Waals surface area contributed by atoms with E-state index >= 15 is 0 Å². The van der Waals surface area contributed by atoms with E-state index in [2.05, 4.69) is 31.3 Å². The maximum absolute atomic E-state index is 12.5. The summed E-state index contributed by atoms with van der Waals surface area (Å²) in [6.45, 7) is 4.96. The minimum absolute atomic E-state index is 0.0206. The third-order valence-corrected chi connectivity index (χ3v) is 18.2. The molecule has 0 spiro atoms. The molecule has 0 heterocycles.